The highest BCUT2D eigenvalue weighted by Gasteiger charge is 2.24. The van der Waals surface area contributed by atoms with E-state index < -0.39 is 5.82 Å². The molecule has 0 saturated carbocycles. The first-order chi connectivity index (χ1) is 17.2. The molecule has 188 valence electrons. The summed E-state index contributed by atoms with van der Waals surface area (Å²) in [6, 6.07) is 9.91. The minimum absolute atomic E-state index is 0.0277. The number of hydrogen-bond acceptors (Lipinski definition) is 4. The Kier molecular flexibility index (Phi) is 8.42. The molecule has 1 aromatic heterocycles. The van der Waals surface area contributed by atoms with E-state index in [1.54, 1.807) is 0 Å². The van der Waals surface area contributed by atoms with Crippen molar-refractivity contribution in [3.63, 3.8) is 0 Å². The van der Waals surface area contributed by atoms with E-state index >= 15 is 0 Å². The number of aromatic nitrogens is 1. The lowest BCUT2D eigenvalue weighted by Gasteiger charge is -2.27. The Balaban J connectivity index is 1.69. The molecule has 3 aromatic rings. The molecular weight excluding hydrogens is 545 g/mol. The third kappa shape index (κ3) is 5.95. The molecule has 0 aliphatic carbocycles. The Morgan fingerprint density at radius 3 is 2.75 bits per heavy atom. The van der Waals surface area contributed by atoms with Gasteiger partial charge in [0.15, 0.2) is 0 Å². The Morgan fingerprint density at radius 1 is 1.22 bits per heavy atom. The van der Waals surface area contributed by atoms with Gasteiger partial charge in [-0.15, -0.1) is 0 Å². The zero-order chi connectivity index (χ0) is 25.8. The highest BCUT2D eigenvalue weighted by Crippen LogP contribution is 2.32. The lowest BCUT2D eigenvalue weighted by atomic mass is 9.92. The molecule has 1 aliphatic rings. The molecule has 36 heavy (non-hydrogen) atoms. The van der Waals surface area contributed by atoms with E-state index in [4.69, 9.17) is 16.6 Å². The van der Waals surface area contributed by atoms with Crippen LogP contribution in [0.3, 0.4) is 0 Å². The summed E-state index contributed by atoms with van der Waals surface area (Å²) in [5, 5.41) is 4.20. The largest absolute Gasteiger partial charge is 0.352 e. The molecule has 1 aliphatic heterocycles. The van der Waals surface area contributed by atoms with Crippen molar-refractivity contribution in [2.75, 3.05) is 24.5 Å². The summed E-state index contributed by atoms with van der Waals surface area (Å²) in [5.74, 6) is -0.143. The van der Waals surface area contributed by atoms with Crippen LogP contribution in [0.2, 0.25) is 5.02 Å². The Morgan fingerprint density at radius 2 is 2.03 bits per heavy atom. The van der Waals surface area contributed by atoms with Crippen molar-refractivity contribution in [1.82, 2.24) is 10.3 Å². The van der Waals surface area contributed by atoms with Gasteiger partial charge < -0.3 is 15.0 Å². The van der Waals surface area contributed by atoms with Gasteiger partial charge in [-0.2, -0.15) is 0 Å². The number of Topliss-reactive ketones (excluding diaryl/α,β-unsaturated/α-hetero) is 1. The monoisotopic (exact) mass is 571 g/mol. The first-order valence-electron chi connectivity index (χ1n) is 12.0. The molecule has 1 atom stereocenters. The van der Waals surface area contributed by atoms with Crippen LogP contribution in [0, 0.1) is 12.7 Å². The molecule has 0 radical (unpaired) electrons. The third-order valence-corrected chi connectivity index (χ3v) is 7.34. The second-order valence-corrected chi connectivity index (χ2v) is 10.4. The molecule has 0 spiro atoms. The molecule has 2 heterocycles. The smallest absolute Gasteiger partial charge is 0.252 e. The molecule has 5 nitrogen and oxygen atoms in total. The molecule has 0 saturated heterocycles. The van der Waals surface area contributed by atoms with Crippen molar-refractivity contribution in [3.8, 4) is 0 Å². The summed E-state index contributed by atoms with van der Waals surface area (Å²) in [7, 11) is 0. The van der Waals surface area contributed by atoms with Crippen molar-refractivity contribution in [2.45, 2.75) is 39.0 Å². The average molecular weight is 573 g/mol. The van der Waals surface area contributed by atoms with Crippen LogP contribution in [0.1, 0.15) is 53.6 Å². The maximum absolute atomic E-state index is 14.0. The minimum Gasteiger partial charge on any atom is -0.352 e. The maximum Gasteiger partial charge on any atom is 0.252 e. The minimum atomic E-state index is -0.408. The number of pyridine rings is 1. The highest BCUT2D eigenvalue weighted by molar-refractivity contribution is 9.10. The van der Waals surface area contributed by atoms with Gasteiger partial charge in [0.2, 0.25) is 0 Å². The second-order valence-electron chi connectivity index (χ2n) is 9.12. The van der Waals surface area contributed by atoms with Crippen LogP contribution in [-0.4, -0.2) is 36.3 Å². The topological polar surface area (TPSA) is 62.3 Å². The molecule has 2 aromatic carbocycles. The van der Waals surface area contributed by atoms with Gasteiger partial charge in [0.05, 0.1) is 11.1 Å². The van der Waals surface area contributed by atoms with Gasteiger partial charge in [-0.1, -0.05) is 39.7 Å². The zero-order valence-electron chi connectivity index (χ0n) is 20.3. The Labute approximate surface area is 223 Å². The summed E-state index contributed by atoms with van der Waals surface area (Å²) in [6.45, 7) is 5.23. The number of nitrogens with zero attached hydrogens (tertiary/aromatic N) is 2. The predicted molar refractivity (Wildman–Crippen MR) is 147 cm³/mol. The van der Waals surface area contributed by atoms with Crippen LogP contribution in [0.15, 0.2) is 53.0 Å². The fraction of sp³-hybridized carbons (Fsp3) is 0.321. The van der Waals surface area contributed by atoms with E-state index in [-0.39, 0.29) is 24.2 Å². The third-order valence-electron chi connectivity index (χ3n) is 6.50. The van der Waals surface area contributed by atoms with Crippen molar-refractivity contribution < 1.29 is 14.0 Å². The van der Waals surface area contributed by atoms with Crippen LogP contribution >= 0.6 is 27.5 Å². The lowest BCUT2D eigenvalue weighted by molar-refractivity contribution is -0.117. The van der Waals surface area contributed by atoms with Crippen LogP contribution in [0.4, 0.5) is 10.2 Å². The zero-order valence-corrected chi connectivity index (χ0v) is 22.6. The van der Waals surface area contributed by atoms with Crippen molar-refractivity contribution in [1.29, 1.82) is 0 Å². The predicted octanol–water partition coefficient (Wildman–Crippen LogP) is 6.75. The number of ketones is 1. The Bertz CT molecular complexity index is 1340. The van der Waals surface area contributed by atoms with Gasteiger partial charge in [-0.3, -0.25) is 4.79 Å². The van der Waals surface area contributed by atoms with Crippen LogP contribution < -0.4 is 10.2 Å². The summed E-state index contributed by atoms with van der Waals surface area (Å²) >= 11 is 9.89. The number of hydrogen-bond donors (Lipinski definition) is 1. The van der Waals surface area contributed by atoms with Gasteiger partial charge in [0.25, 0.3) is 5.91 Å². The standard InChI is InChI=1S/C28H28BrClFN3O2/c1-17(35)6-7-19(22-15-21(31)9-10-24(22)30)16-32-28(36)26-18(2)27(34-12-4-3-5-13-34)33-25-11-8-20(29)14-23(25)26/h3-4,8-11,14-15,19H,5-7,12-13,16H2,1-2H3,(H,32,36). The van der Waals surface area contributed by atoms with Crippen LogP contribution in [0.25, 0.3) is 10.9 Å². The molecule has 1 N–H and O–H groups in total. The lowest BCUT2D eigenvalue weighted by Crippen LogP contribution is -2.32. The Hall–Kier alpha value is -2.77. The fourth-order valence-corrected chi connectivity index (χ4v) is 5.26. The quantitative estimate of drug-likeness (QED) is 0.304. The highest BCUT2D eigenvalue weighted by atomic mass is 79.9. The molecule has 0 bridgehead atoms. The number of nitrogens with one attached hydrogen (secondary N) is 1. The van der Waals surface area contributed by atoms with Gasteiger partial charge in [-0.05, 0) is 68.7 Å². The molecule has 0 fully saturated rings. The van der Waals surface area contributed by atoms with Crippen LogP contribution in [0.5, 0.6) is 0 Å². The molecule has 4 rings (SSSR count). The van der Waals surface area contributed by atoms with E-state index in [2.05, 4.69) is 38.3 Å². The summed E-state index contributed by atoms with van der Waals surface area (Å²) in [6.07, 6.45) is 5.94. The van der Waals surface area contributed by atoms with E-state index in [0.29, 0.717) is 29.0 Å². The summed E-state index contributed by atoms with van der Waals surface area (Å²) < 4.78 is 14.9. The van der Waals surface area contributed by atoms with E-state index in [0.717, 1.165) is 46.3 Å². The number of carbonyl (C=O) groups excluding carboxylic acids is 2. The number of halogens is 3. The van der Waals surface area contributed by atoms with Gasteiger partial charge in [-0.25, -0.2) is 9.37 Å². The van der Waals surface area contributed by atoms with Crippen molar-refractivity contribution in [3.05, 3.63) is 80.6 Å². The van der Waals surface area contributed by atoms with E-state index in [1.165, 1.54) is 25.1 Å². The molecule has 1 unspecified atom stereocenters. The maximum atomic E-state index is 14.0. The number of fused-ring (bicyclic) bond motifs is 1. The SMILES string of the molecule is CC(=O)CCC(CNC(=O)c1c(C)c(N2CC=CCC2)nc2ccc(Br)cc12)c1cc(F)ccc1Cl. The number of amides is 1. The van der Waals surface area contributed by atoms with Gasteiger partial charge in [0, 0.05) is 52.4 Å². The second kappa shape index (κ2) is 11.5. The first kappa shape index (κ1) is 26.3. The van der Waals surface area contributed by atoms with Gasteiger partial charge >= 0.3 is 0 Å². The van der Waals surface area contributed by atoms with Gasteiger partial charge in [0.1, 0.15) is 17.4 Å². The summed E-state index contributed by atoms with van der Waals surface area (Å²) in [5.41, 5.74) is 2.68. The van der Waals surface area contributed by atoms with Crippen LogP contribution in [-0.2, 0) is 4.79 Å². The molecule has 1 amide bonds. The normalized spacial score (nSPS) is 14.2. The first-order valence-corrected chi connectivity index (χ1v) is 13.1. The van der Waals surface area contributed by atoms with E-state index in [9.17, 15) is 14.0 Å². The summed E-state index contributed by atoms with van der Waals surface area (Å²) in [4.78, 5) is 32.4. The number of benzene rings is 2. The number of rotatable bonds is 8. The number of carbonyl (C=O) groups is 2. The molecule has 8 heteroatoms. The molecular formula is C28H28BrClFN3O2. The van der Waals surface area contributed by atoms with E-state index in [1.807, 2.05) is 25.1 Å². The average Bonchev–Trinajstić information content (AvgIpc) is 2.85. The number of anilines is 1. The fourth-order valence-electron chi connectivity index (χ4n) is 4.63. The van der Waals surface area contributed by atoms with Crippen molar-refractivity contribution in [2.24, 2.45) is 0 Å². The van der Waals surface area contributed by atoms with Crippen molar-refractivity contribution >= 4 is 55.9 Å².